The molecule has 0 saturated heterocycles. The number of para-hydroxylation sites is 2. The molecule has 110 heavy (non-hydrogen) atoms. The van der Waals surface area contributed by atoms with Crippen LogP contribution in [0.5, 0.6) is 0 Å². The van der Waals surface area contributed by atoms with Crippen LogP contribution in [-0.4, -0.2) is 89.5 Å². The van der Waals surface area contributed by atoms with Gasteiger partial charge in [-0.15, -0.1) is 0 Å². The number of carbonyl (C=O) groups is 8. The van der Waals surface area contributed by atoms with Crippen molar-refractivity contribution in [3.8, 4) is 22.8 Å². The summed E-state index contributed by atoms with van der Waals surface area (Å²) in [5.41, 5.74) is 1.43. The maximum absolute atomic E-state index is 13.9. The Hall–Kier alpha value is -9.08. The lowest BCUT2D eigenvalue weighted by Crippen LogP contribution is -2.47. The van der Waals surface area contributed by atoms with Gasteiger partial charge in [-0.25, -0.2) is 29.1 Å². The van der Waals surface area contributed by atoms with E-state index in [9.17, 15) is 53.1 Å². The Labute approximate surface area is 647 Å². The van der Waals surface area contributed by atoms with E-state index in [-0.39, 0.29) is 85.1 Å². The van der Waals surface area contributed by atoms with Gasteiger partial charge in [0.05, 0.1) is 70.9 Å². The maximum Gasteiger partial charge on any atom is 0.355 e. The van der Waals surface area contributed by atoms with Gasteiger partial charge in [-0.3, -0.25) is 28.8 Å². The Balaban J connectivity index is 0.000000254. The molecule has 22 nitrogen and oxygen atoms in total. The summed E-state index contributed by atoms with van der Waals surface area (Å²) in [4.78, 5) is 142. The fourth-order valence-electron chi connectivity index (χ4n) is 15.6. The minimum absolute atomic E-state index is 0.00203. The first-order valence-corrected chi connectivity index (χ1v) is 41.2. The van der Waals surface area contributed by atoms with Crippen LogP contribution < -0.4 is 21.8 Å². The molecule has 22 heteroatoms. The van der Waals surface area contributed by atoms with Crippen molar-refractivity contribution in [3.63, 3.8) is 0 Å². The standard InChI is InChI=1S/C46H63N3O8.C42H55N3O8/c1-6-8-9-10-11-12-13-14-15-16-17-18-19-20-25-37(43(53)57-45(3,4)5)47-39(50)26-27-40(51)56-46(7-2)35-29-38-41-33(28-32-23-21-22-24-36(32)48-41)30-49(38)42(52)34(35)31-55-44(46)54;1-3-5-6-7-8-9-10-11-12-13-14-15-16-17-22-34(40(49)50)43-36(46)23-24-37(47)53-42(4-2)32-26-35-38-30(25-29-20-18-19-21-33(29)44-38)27-45(35)39(48)31(32)28-52-41(42)51/h21-24,28-29,37H,6-20,25-27,30-31H2,1-5H3,(H,47,50);18-21,25-26,34H,3-17,22-24,27-28H2,1-2H3,(H,43,46)(H,49,50)/t37?,46-;34?,42-/m00/s1. The minimum atomic E-state index is -1.88. The van der Waals surface area contributed by atoms with E-state index in [1.54, 1.807) is 55.9 Å². The normalized spacial score (nSPS) is 16.4. The summed E-state index contributed by atoms with van der Waals surface area (Å²) in [6, 6.07) is 20.9. The lowest BCUT2D eigenvalue weighted by molar-refractivity contribution is -0.189. The van der Waals surface area contributed by atoms with Gasteiger partial charge in [-0.2, -0.15) is 0 Å². The fraction of sp³-hybridized carbons (Fsp3) is 0.591. The van der Waals surface area contributed by atoms with E-state index in [0.717, 1.165) is 77.9 Å². The first-order valence-electron chi connectivity index (χ1n) is 41.2. The van der Waals surface area contributed by atoms with Gasteiger partial charge in [0.1, 0.15) is 30.9 Å². The number of cyclic esters (lactones) is 2. The number of esters is 5. The molecule has 4 aliphatic rings. The molecule has 0 aliphatic carbocycles. The number of hydrogen-bond acceptors (Lipinski definition) is 17. The van der Waals surface area contributed by atoms with Crippen molar-refractivity contribution in [2.45, 2.75) is 335 Å². The second-order valence-corrected chi connectivity index (χ2v) is 31.3. The Bertz CT molecular complexity index is 4320. The fourth-order valence-corrected chi connectivity index (χ4v) is 15.6. The van der Waals surface area contributed by atoms with Crippen LogP contribution in [-0.2, 0) is 99.5 Å². The van der Waals surface area contributed by atoms with E-state index in [1.165, 1.54) is 128 Å². The van der Waals surface area contributed by atoms with Gasteiger partial charge in [-0.1, -0.05) is 244 Å². The SMILES string of the molecule is CCCCCCCCCCCCCCCCC(NC(=O)CCC(=O)O[C@]1(CC)C(=O)OCc2c1cc1n(c2=O)Cc2cc3ccccc3nc2-1)C(=O)O.CCCCCCCCCCCCCCCCC(NC(=O)CCC(=O)O[C@]1(CC)C(=O)OCc2c1cc1n(c2=O)Cc2cc3ccccc3nc2-1)C(=O)OC(C)(C)C. The quantitative estimate of drug-likeness (QED) is 0.0182. The number of fused-ring (bicyclic) bond motifs is 10. The zero-order chi connectivity index (χ0) is 78.8. The van der Waals surface area contributed by atoms with Gasteiger partial charge in [0.2, 0.25) is 23.0 Å². The van der Waals surface area contributed by atoms with Gasteiger partial charge in [-0.05, 0) is 82.9 Å². The van der Waals surface area contributed by atoms with E-state index in [2.05, 4.69) is 24.5 Å². The highest BCUT2D eigenvalue weighted by Gasteiger charge is 2.52. The monoisotopic (exact) mass is 1510 g/mol. The maximum atomic E-state index is 13.9. The van der Waals surface area contributed by atoms with Crippen LogP contribution in [0, 0.1) is 0 Å². The third kappa shape index (κ3) is 22.4. The number of rotatable bonds is 44. The van der Waals surface area contributed by atoms with Crippen molar-refractivity contribution in [1.82, 2.24) is 29.7 Å². The predicted molar refractivity (Wildman–Crippen MR) is 422 cm³/mol. The van der Waals surface area contributed by atoms with Crippen LogP contribution in [0.1, 0.15) is 313 Å². The molecule has 3 N–H and O–H groups in total. The van der Waals surface area contributed by atoms with Crippen LogP contribution >= 0.6 is 0 Å². The van der Waals surface area contributed by atoms with Crippen LogP contribution in [0.3, 0.4) is 0 Å². The third-order valence-electron chi connectivity index (χ3n) is 21.8. The summed E-state index contributed by atoms with van der Waals surface area (Å²) in [5, 5.41) is 16.9. The average Bonchev–Trinajstić information content (AvgIpc) is 1.47. The molecule has 2 unspecified atom stereocenters. The molecule has 6 aromatic rings. The molecule has 4 aromatic heterocycles. The number of aromatic nitrogens is 4. The zero-order valence-electron chi connectivity index (χ0n) is 66.2. The molecular weight excluding hydrogens is 1400 g/mol. The van der Waals surface area contributed by atoms with E-state index in [0.29, 0.717) is 55.1 Å². The molecule has 0 spiro atoms. The van der Waals surface area contributed by atoms with Gasteiger partial charge in [0, 0.05) is 45.9 Å². The van der Waals surface area contributed by atoms with Crippen LogP contribution in [0.4, 0.5) is 0 Å². The number of nitrogens with zero attached hydrogens (tertiary/aromatic N) is 4. The highest BCUT2D eigenvalue weighted by molar-refractivity contribution is 5.92. The number of nitrogens with one attached hydrogen (secondary N) is 2. The first kappa shape index (κ1) is 84.9. The predicted octanol–water partition coefficient (Wildman–Crippen LogP) is 17.0. The summed E-state index contributed by atoms with van der Waals surface area (Å²) in [7, 11) is 0. The second-order valence-electron chi connectivity index (χ2n) is 31.3. The lowest BCUT2D eigenvalue weighted by Gasteiger charge is -2.35. The summed E-state index contributed by atoms with van der Waals surface area (Å²) in [5.74, 6) is -5.94. The van der Waals surface area contributed by atoms with E-state index in [1.807, 2.05) is 60.7 Å². The number of unbranched alkanes of at least 4 members (excludes halogenated alkanes) is 26. The number of aliphatic carboxylic acids is 1. The topological polar surface area (TPSA) is 297 Å². The number of carboxylic acids is 1. The number of carbonyl (C=O) groups excluding carboxylic acids is 7. The van der Waals surface area contributed by atoms with E-state index < -0.39 is 76.5 Å². The second kappa shape index (κ2) is 41.3. The van der Waals surface area contributed by atoms with E-state index >= 15 is 0 Å². The highest BCUT2D eigenvalue weighted by atomic mass is 16.6. The molecule has 10 rings (SSSR count). The Morgan fingerprint density at radius 3 is 1.18 bits per heavy atom. The molecule has 2 aromatic carbocycles. The van der Waals surface area contributed by atoms with Crippen LogP contribution in [0.15, 0.2) is 82.4 Å². The first-order chi connectivity index (χ1) is 53.0. The molecular formula is C88H118N6O16. The summed E-state index contributed by atoms with van der Waals surface area (Å²) >= 11 is 0. The lowest BCUT2D eigenvalue weighted by atomic mass is 9.85. The van der Waals surface area contributed by atoms with Crippen molar-refractivity contribution < 1.29 is 67.1 Å². The summed E-state index contributed by atoms with van der Waals surface area (Å²) in [6.07, 6.45) is 33.2. The summed E-state index contributed by atoms with van der Waals surface area (Å²) < 4.78 is 31.4. The molecule has 8 heterocycles. The van der Waals surface area contributed by atoms with Crippen LogP contribution in [0.25, 0.3) is 44.6 Å². The molecule has 0 saturated carbocycles. The van der Waals surface area contributed by atoms with Gasteiger partial charge in [0.25, 0.3) is 11.1 Å². The number of benzene rings is 2. The molecule has 0 fully saturated rings. The number of ether oxygens (including phenoxy) is 5. The number of pyridine rings is 4. The van der Waals surface area contributed by atoms with Crippen LogP contribution in [0.2, 0.25) is 0 Å². The number of carboxylic acid groups (broad SMARTS) is 1. The summed E-state index contributed by atoms with van der Waals surface area (Å²) in [6.45, 7) is 13.3. The van der Waals surface area contributed by atoms with Crippen molar-refractivity contribution in [1.29, 1.82) is 0 Å². The van der Waals surface area contributed by atoms with Crippen molar-refractivity contribution in [3.05, 3.63) is 127 Å². The molecule has 596 valence electrons. The third-order valence-corrected chi connectivity index (χ3v) is 21.8. The smallest absolute Gasteiger partial charge is 0.355 e. The number of amides is 2. The van der Waals surface area contributed by atoms with Gasteiger partial charge >= 0.3 is 35.8 Å². The number of hydrogen-bond donors (Lipinski definition) is 3. The Kier molecular flexibility index (Phi) is 31.9. The molecule has 2 amide bonds. The van der Waals surface area contributed by atoms with Crippen molar-refractivity contribution in [2.75, 3.05) is 0 Å². The van der Waals surface area contributed by atoms with Gasteiger partial charge in [0.15, 0.2) is 0 Å². The van der Waals surface area contributed by atoms with Crippen molar-refractivity contribution >= 4 is 69.4 Å². The minimum Gasteiger partial charge on any atom is -0.480 e. The Morgan fingerprint density at radius 2 is 0.827 bits per heavy atom. The highest BCUT2D eigenvalue weighted by Crippen LogP contribution is 2.44. The Morgan fingerprint density at radius 1 is 0.482 bits per heavy atom. The zero-order valence-corrected chi connectivity index (χ0v) is 66.2. The average molecular weight is 1520 g/mol. The van der Waals surface area contributed by atoms with Crippen molar-refractivity contribution in [2.24, 2.45) is 0 Å². The van der Waals surface area contributed by atoms with E-state index in [4.69, 9.17) is 33.7 Å². The molecule has 4 aliphatic heterocycles. The largest absolute Gasteiger partial charge is 0.480 e. The molecule has 4 atom stereocenters. The molecule has 0 bridgehead atoms. The molecule has 0 radical (unpaired) electrons. The van der Waals surface area contributed by atoms with Gasteiger partial charge < -0.3 is 48.6 Å².